The fourth-order valence-electron chi connectivity index (χ4n) is 2.97. The summed E-state index contributed by atoms with van der Waals surface area (Å²) in [6.45, 7) is 9.11. The van der Waals surface area contributed by atoms with Crippen molar-refractivity contribution >= 4 is 0 Å². The highest BCUT2D eigenvalue weighted by Gasteiger charge is 2.25. The van der Waals surface area contributed by atoms with Gasteiger partial charge in [0, 0.05) is 19.1 Å². The first-order valence-electron chi connectivity index (χ1n) is 7.71. The van der Waals surface area contributed by atoms with Crippen molar-refractivity contribution in [2.45, 2.75) is 51.9 Å². The van der Waals surface area contributed by atoms with Gasteiger partial charge in [-0.15, -0.1) is 0 Å². The van der Waals surface area contributed by atoms with E-state index in [4.69, 9.17) is 4.74 Å². The topological polar surface area (TPSA) is 32.7 Å². The average Bonchev–Trinajstić information content (AvgIpc) is 2.45. The van der Waals surface area contributed by atoms with E-state index in [1.807, 2.05) is 18.2 Å². The summed E-state index contributed by atoms with van der Waals surface area (Å²) in [4.78, 5) is 2.47. The first kappa shape index (κ1) is 15.5. The van der Waals surface area contributed by atoms with Crippen LogP contribution < -0.4 is 0 Å². The molecule has 0 saturated carbocycles. The van der Waals surface area contributed by atoms with Gasteiger partial charge in [0.1, 0.15) is 0 Å². The monoisotopic (exact) mass is 277 g/mol. The van der Waals surface area contributed by atoms with E-state index in [0.29, 0.717) is 12.1 Å². The van der Waals surface area contributed by atoms with E-state index in [1.54, 1.807) is 0 Å². The molecule has 0 aliphatic carbocycles. The van der Waals surface area contributed by atoms with Crippen molar-refractivity contribution in [2.24, 2.45) is 0 Å². The van der Waals surface area contributed by atoms with E-state index in [2.05, 4.69) is 31.7 Å². The number of aryl methyl sites for hydroxylation is 1. The van der Waals surface area contributed by atoms with Crippen LogP contribution in [0.25, 0.3) is 0 Å². The smallest absolute Gasteiger partial charge is 0.0804 e. The van der Waals surface area contributed by atoms with Gasteiger partial charge in [-0.25, -0.2) is 0 Å². The lowest BCUT2D eigenvalue weighted by Crippen LogP contribution is -2.48. The summed E-state index contributed by atoms with van der Waals surface area (Å²) in [5.41, 5.74) is 2.23. The Morgan fingerprint density at radius 2 is 2.15 bits per heavy atom. The highest BCUT2D eigenvalue weighted by atomic mass is 16.5. The summed E-state index contributed by atoms with van der Waals surface area (Å²) >= 11 is 0. The Labute approximate surface area is 122 Å². The minimum Gasteiger partial charge on any atom is -0.388 e. The lowest BCUT2D eigenvalue weighted by molar-refractivity contribution is -0.0591. The van der Waals surface area contributed by atoms with E-state index in [1.165, 1.54) is 5.56 Å². The van der Waals surface area contributed by atoms with Gasteiger partial charge in [-0.2, -0.15) is 0 Å². The van der Waals surface area contributed by atoms with Gasteiger partial charge < -0.3 is 9.84 Å². The van der Waals surface area contributed by atoms with Gasteiger partial charge in [0.2, 0.25) is 0 Å². The van der Waals surface area contributed by atoms with E-state index >= 15 is 0 Å². The molecule has 1 aliphatic heterocycles. The number of ether oxygens (including phenoxy) is 1. The molecule has 1 aromatic rings. The third-order valence-electron chi connectivity index (χ3n) is 4.29. The van der Waals surface area contributed by atoms with Crippen molar-refractivity contribution in [1.82, 2.24) is 4.90 Å². The minimum atomic E-state index is -0.369. The summed E-state index contributed by atoms with van der Waals surface area (Å²) in [5.74, 6) is 0. The Kier molecular flexibility index (Phi) is 5.58. The number of hydrogen-bond donors (Lipinski definition) is 1. The van der Waals surface area contributed by atoms with Crippen LogP contribution in [0, 0.1) is 6.92 Å². The standard InChI is InChI=1S/C17H27NO2/c1-4-15-12-20-14(3)11-18(15)10-9-17(19)16-8-6-5-7-13(16)2/h5-8,14-15,17,19H,4,9-12H2,1-3H3. The van der Waals surface area contributed by atoms with Crippen molar-refractivity contribution in [1.29, 1.82) is 0 Å². The number of nitrogens with zero attached hydrogens (tertiary/aromatic N) is 1. The largest absolute Gasteiger partial charge is 0.388 e. The zero-order valence-corrected chi connectivity index (χ0v) is 12.9. The minimum absolute atomic E-state index is 0.299. The molecule has 1 aliphatic rings. The maximum absolute atomic E-state index is 10.4. The van der Waals surface area contributed by atoms with Gasteiger partial charge in [0.15, 0.2) is 0 Å². The molecule has 0 aromatic heterocycles. The maximum atomic E-state index is 10.4. The van der Waals surface area contributed by atoms with Crippen molar-refractivity contribution < 1.29 is 9.84 Å². The Balaban J connectivity index is 1.92. The van der Waals surface area contributed by atoms with Crippen molar-refractivity contribution in [3.05, 3.63) is 35.4 Å². The van der Waals surface area contributed by atoms with E-state index in [9.17, 15) is 5.11 Å². The second-order valence-corrected chi connectivity index (χ2v) is 5.86. The first-order chi connectivity index (χ1) is 9.61. The van der Waals surface area contributed by atoms with Crippen LogP contribution in [0.15, 0.2) is 24.3 Å². The maximum Gasteiger partial charge on any atom is 0.0804 e. The van der Waals surface area contributed by atoms with Crippen LogP contribution in [0.2, 0.25) is 0 Å². The highest BCUT2D eigenvalue weighted by molar-refractivity contribution is 5.27. The second kappa shape index (κ2) is 7.21. The molecule has 1 fully saturated rings. The third-order valence-corrected chi connectivity index (χ3v) is 4.29. The van der Waals surface area contributed by atoms with Gasteiger partial charge in [0.25, 0.3) is 0 Å². The number of benzene rings is 1. The SMILES string of the molecule is CCC1COC(C)CN1CCC(O)c1ccccc1C. The third kappa shape index (κ3) is 3.81. The summed E-state index contributed by atoms with van der Waals surface area (Å²) < 4.78 is 5.72. The molecule has 1 aromatic carbocycles. The van der Waals surface area contributed by atoms with Gasteiger partial charge in [-0.05, 0) is 37.8 Å². The Hall–Kier alpha value is -0.900. The van der Waals surface area contributed by atoms with Crippen molar-refractivity contribution in [2.75, 3.05) is 19.7 Å². The molecule has 1 N–H and O–H groups in total. The van der Waals surface area contributed by atoms with Crippen LogP contribution in [0.4, 0.5) is 0 Å². The Bertz CT molecular complexity index is 421. The molecule has 0 spiro atoms. The molecule has 3 atom stereocenters. The molecule has 3 unspecified atom stereocenters. The summed E-state index contributed by atoms with van der Waals surface area (Å²) in [6.07, 6.45) is 1.82. The predicted molar refractivity (Wildman–Crippen MR) is 81.8 cm³/mol. The fourth-order valence-corrected chi connectivity index (χ4v) is 2.97. The molecule has 20 heavy (non-hydrogen) atoms. The molecule has 2 rings (SSSR count). The fraction of sp³-hybridized carbons (Fsp3) is 0.647. The first-order valence-corrected chi connectivity index (χ1v) is 7.71. The zero-order valence-electron chi connectivity index (χ0n) is 12.9. The normalized spacial score (nSPS) is 25.6. The van der Waals surface area contributed by atoms with Gasteiger partial charge in [-0.1, -0.05) is 31.2 Å². The van der Waals surface area contributed by atoms with Gasteiger partial charge in [0.05, 0.1) is 18.8 Å². The number of morpholine rings is 1. The number of aliphatic hydroxyl groups is 1. The van der Waals surface area contributed by atoms with E-state index in [0.717, 1.165) is 38.1 Å². The second-order valence-electron chi connectivity index (χ2n) is 5.86. The van der Waals surface area contributed by atoms with Crippen molar-refractivity contribution in [3.8, 4) is 0 Å². The molecule has 3 nitrogen and oxygen atoms in total. The number of aliphatic hydroxyl groups excluding tert-OH is 1. The van der Waals surface area contributed by atoms with Crippen molar-refractivity contribution in [3.63, 3.8) is 0 Å². The van der Waals surface area contributed by atoms with Crippen LogP contribution in [0.1, 0.15) is 43.9 Å². The van der Waals surface area contributed by atoms with E-state index < -0.39 is 0 Å². The molecular weight excluding hydrogens is 250 g/mol. The van der Waals surface area contributed by atoms with Crippen LogP contribution in [0.5, 0.6) is 0 Å². The lowest BCUT2D eigenvalue weighted by atomic mass is 10.0. The summed E-state index contributed by atoms with van der Waals surface area (Å²) in [7, 11) is 0. The zero-order chi connectivity index (χ0) is 14.5. The average molecular weight is 277 g/mol. The number of hydrogen-bond acceptors (Lipinski definition) is 3. The molecule has 1 heterocycles. The Morgan fingerprint density at radius 3 is 2.85 bits per heavy atom. The molecule has 3 heteroatoms. The summed E-state index contributed by atoms with van der Waals surface area (Å²) in [5, 5.41) is 10.4. The molecule has 0 radical (unpaired) electrons. The molecular formula is C17H27NO2. The molecule has 0 amide bonds. The number of rotatable bonds is 5. The van der Waals surface area contributed by atoms with Gasteiger partial charge in [-0.3, -0.25) is 4.90 Å². The molecule has 1 saturated heterocycles. The lowest BCUT2D eigenvalue weighted by Gasteiger charge is -2.38. The van der Waals surface area contributed by atoms with E-state index in [-0.39, 0.29) is 6.10 Å². The highest BCUT2D eigenvalue weighted by Crippen LogP contribution is 2.22. The quantitative estimate of drug-likeness (QED) is 0.898. The van der Waals surface area contributed by atoms with Crippen LogP contribution in [-0.4, -0.2) is 41.8 Å². The van der Waals surface area contributed by atoms with Crippen LogP contribution >= 0.6 is 0 Å². The molecule has 112 valence electrons. The molecule has 0 bridgehead atoms. The predicted octanol–water partition coefficient (Wildman–Crippen LogP) is 2.92. The Morgan fingerprint density at radius 1 is 1.40 bits per heavy atom. The van der Waals surface area contributed by atoms with Crippen LogP contribution in [0.3, 0.4) is 0 Å². The summed E-state index contributed by atoms with van der Waals surface area (Å²) in [6, 6.07) is 8.60. The van der Waals surface area contributed by atoms with Crippen LogP contribution in [-0.2, 0) is 4.74 Å². The van der Waals surface area contributed by atoms with Gasteiger partial charge >= 0.3 is 0 Å².